The van der Waals surface area contributed by atoms with Crippen molar-refractivity contribution < 1.29 is 27.5 Å². The fraction of sp³-hybridized carbons (Fsp3) is 0.440. The van der Waals surface area contributed by atoms with Crippen LogP contribution in [0, 0.1) is 0 Å². The van der Waals surface area contributed by atoms with Crippen LogP contribution in [0.25, 0.3) is 0 Å². The maximum atomic E-state index is 13.7. The summed E-state index contributed by atoms with van der Waals surface area (Å²) < 4.78 is 37.9. The van der Waals surface area contributed by atoms with Gasteiger partial charge in [-0.2, -0.15) is 0 Å². The van der Waals surface area contributed by atoms with Crippen molar-refractivity contribution in [1.29, 1.82) is 0 Å². The maximum Gasteiger partial charge on any atom is 0.244 e. The van der Waals surface area contributed by atoms with Gasteiger partial charge in [-0.3, -0.25) is 13.9 Å². The lowest BCUT2D eigenvalue weighted by Crippen LogP contribution is -2.52. The molecule has 0 aliphatic carbocycles. The molecule has 10 heteroatoms. The van der Waals surface area contributed by atoms with E-state index in [9.17, 15) is 18.0 Å². The minimum atomic E-state index is -3.81. The van der Waals surface area contributed by atoms with Crippen LogP contribution in [0.3, 0.4) is 0 Å². The van der Waals surface area contributed by atoms with Crippen LogP contribution in [0.2, 0.25) is 0 Å². The van der Waals surface area contributed by atoms with Gasteiger partial charge in [-0.15, -0.1) is 0 Å². The monoisotopic (exact) mass is 503 g/mol. The Bertz CT molecular complexity index is 1120. The fourth-order valence-electron chi connectivity index (χ4n) is 3.83. The van der Waals surface area contributed by atoms with E-state index in [1.54, 1.807) is 18.2 Å². The summed E-state index contributed by atoms with van der Waals surface area (Å²) in [5.41, 5.74) is 1.14. The summed E-state index contributed by atoms with van der Waals surface area (Å²) in [5, 5.41) is 2.86. The van der Waals surface area contributed by atoms with Crippen molar-refractivity contribution in [3.63, 3.8) is 0 Å². The van der Waals surface area contributed by atoms with E-state index in [1.807, 2.05) is 44.2 Å². The molecule has 0 saturated heterocycles. The second-order valence-corrected chi connectivity index (χ2v) is 10.3. The lowest BCUT2D eigenvalue weighted by Gasteiger charge is -2.33. The Labute approximate surface area is 207 Å². The predicted octanol–water partition coefficient (Wildman–Crippen LogP) is 2.91. The van der Waals surface area contributed by atoms with Crippen LogP contribution >= 0.6 is 0 Å². The molecule has 1 aliphatic rings. The molecular weight excluding hydrogens is 470 g/mol. The average molecular weight is 504 g/mol. The molecule has 0 saturated carbocycles. The fourth-order valence-corrected chi connectivity index (χ4v) is 4.88. The first-order chi connectivity index (χ1) is 16.8. The number of hydrogen-bond acceptors (Lipinski definition) is 6. The molecule has 1 heterocycles. The molecular formula is C25H33N3O6S. The standard InChI is InChI=1S/C25H33N3O6S/c1-4-14-26-25(30)21(5-2)27(16-19-10-8-7-9-11-19)24(29)17-28(35(31,32)6-3)20-12-13-22-23(15-20)34-18-33-22/h7-13,15,21H,4-6,14,16-18H2,1-3H3,(H,26,30). The van der Waals surface area contributed by atoms with E-state index in [4.69, 9.17) is 9.47 Å². The molecule has 0 fully saturated rings. The van der Waals surface area contributed by atoms with Gasteiger partial charge in [0.05, 0.1) is 11.4 Å². The zero-order valence-electron chi connectivity index (χ0n) is 20.4. The summed E-state index contributed by atoms with van der Waals surface area (Å²) in [5.74, 6) is 0.00593. The lowest BCUT2D eigenvalue weighted by molar-refractivity contribution is -0.140. The summed E-state index contributed by atoms with van der Waals surface area (Å²) in [6, 6.07) is 13.3. The molecule has 1 N–H and O–H groups in total. The molecule has 0 radical (unpaired) electrons. The number of carbonyl (C=O) groups excluding carboxylic acids is 2. The number of ether oxygens (including phenoxy) is 2. The molecule has 2 amide bonds. The average Bonchev–Trinajstić information content (AvgIpc) is 3.34. The number of amides is 2. The number of hydrogen-bond donors (Lipinski definition) is 1. The Hall–Kier alpha value is -3.27. The maximum absolute atomic E-state index is 13.7. The largest absolute Gasteiger partial charge is 0.454 e. The number of nitrogens with zero attached hydrogens (tertiary/aromatic N) is 2. The van der Waals surface area contributed by atoms with E-state index in [2.05, 4.69) is 5.32 Å². The molecule has 0 spiro atoms. The van der Waals surface area contributed by atoms with E-state index in [0.29, 0.717) is 30.2 Å². The van der Waals surface area contributed by atoms with Crippen LogP contribution in [-0.4, -0.2) is 56.8 Å². The summed E-state index contributed by atoms with van der Waals surface area (Å²) in [6.07, 6.45) is 1.15. The molecule has 9 nitrogen and oxygen atoms in total. The van der Waals surface area contributed by atoms with Gasteiger partial charge < -0.3 is 19.7 Å². The lowest BCUT2D eigenvalue weighted by atomic mass is 10.1. The van der Waals surface area contributed by atoms with Gasteiger partial charge in [-0.25, -0.2) is 8.42 Å². The van der Waals surface area contributed by atoms with Gasteiger partial charge in [-0.05, 0) is 37.5 Å². The topological polar surface area (TPSA) is 105 Å². The Balaban J connectivity index is 1.94. The molecule has 2 aromatic carbocycles. The minimum absolute atomic E-state index is 0.0498. The number of rotatable bonds is 12. The molecule has 0 aromatic heterocycles. The van der Waals surface area contributed by atoms with Gasteiger partial charge in [0, 0.05) is 19.2 Å². The Kier molecular flexibility index (Phi) is 8.97. The highest BCUT2D eigenvalue weighted by Gasteiger charge is 2.32. The number of fused-ring (bicyclic) bond motifs is 1. The Morgan fingerprint density at radius 3 is 2.40 bits per heavy atom. The third kappa shape index (κ3) is 6.45. The molecule has 1 aliphatic heterocycles. The molecule has 0 bridgehead atoms. The second kappa shape index (κ2) is 11.9. The van der Waals surface area contributed by atoms with Crippen LogP contribution in [0.1, 0.15) is 39.2 Å². The van der Waals surface area contributed by atoms with E-state index in [-0.39, 0.29) is 25.0 Å². The van der Waals surface area contributed by atoms with E-state index in [0.717, 1.165) is 16.3 Å². The molecule has 2 aromatic rings. The van der Waals surface area contributed by atoms with Crippen molar-refractivity contribution in [3.8, 4) is 11.5 Å². The van der Waals surface area contributed by atoms with E-state index >= 15 is 0 Å². The van der Waals surface area contributed by atoms with Gasteiger partial charge in [-0.1, -0.05) is 44.2 Å². The first-order valence-corrected chi connectivity index (χ1v) is 13.4. The highest BCUT2D eigenvalue weighted by molar-refractivity contribution is 7.92. The van der Waals surface area contributed by atoms with Crippen LogP contribution in [0.4, 0.5) is 5.69 Å². The van der Waals surface area contributed by atoms with Gasteiger partial charge in [0.1, 0.15) is 12.6 Å². The van der Waals surface area contributed by atoms with Crippen molar-refractivity contribution in [2.45, 2.75) is 46.2 Å². The van der Waals surface area contributed by atoms with Crippen molar-refractivity contribution in [3.05, 3.63) is 54.1 Å². The van der Waals surface area contributed by atoms with Crippen LogP contribution < -0.4 is 19.1 Å². The molecule has 3 rings (SSSR count). The van der Waals surface area contributed by atoms with E-state index in [1.165, 1.54) is 11.8 Å². The van der Waals surface area contributed by atoms with Crippen LogP contribution in [-0.2, 0) is 26.2 Å². The zero-order valence-corrected chi connectivity index (χ0v) is 21.2. The third-order valence-electron chi connectivity index (χ3n) is 5.75. The van der Waals surface area contributed by atoms with Gasteiger partial charge in [0.25, 0.3) is 0 Å². The second-order valence-electron chi connectivity index (χ2n) is 8.17. The summed E-state index contributed by atoms with van der Waals surface area (Å²) >= 11 is 0. The highest BCUT2D eigenvalue weighted by Crippen LogP contribution is 2.36. The van der Waals surface area contributed by atoms with Gasteiger partial charge >= 0.3 is 0 Å². The minimum Gasteiger partial charge on any atom is -0.454 e. The summed E-state index contributed by atoms with van der Waals surface area (Å²) in [7, 11) is -3.81. The summed E-state index contributed by atoms with van der Waals surface area (Å²) in [6.45, 7) is 5.59. The van der Waals surface area contributed by atoms with Crippen LogP contribution in [0.5, 0.6) is 11.5 Å². The van der Waals surface area contributed by atoms with Crippen LogP contribution in [0.15, 0.2) is 48.5 Å². The zero-order chi connectivity index (χ0) is 25.4. The molecule has 1 unspecified atom stereocenters. The Morgan fingerprint density at radius 2 is 1.74 bits per heavy atom. The first-order valence-electron chi connectivity index (χ1n) is 11.8. The van der Waals surface area contributed by atoms with E-state index < -0.39 is 28.5 Å². The smallest absolute Gasteiger partial charge is 0.244 e. The molecule has 35 heavy (non-hydrogen) atoms. The highest BCUT2D eigenvalue weighted by atomic mass is 32.2. The number of benzene rings is 2. The number of carbonyl (C=O) groups is 2. The van der Waals surface area contributed by atoms with Crippen molar-refractivity contribution in [1.82, 2.24) is 10.2 Å². The van der Waals surface area contributed by atoms with Crippen molar-refractivity contribution in [2.24, 2.45) is 0 Å². The summed E-state index contributed by atoms with van der Waals surface area (Å²) in [4.78, 5) is 28.1. The normalized spacial score (nSPS) is 13.2. The number of sulfonamides is 1. The molecule has 190 valence electrons. The first kappa shape index (κ1) is 26.3. The van der Waals surface area contributed by atoms with Crippen molar-refractivity contribution >= 4 is 27.5 Å². The number of anilines is 1. The molecule has 1 atom stereocenters. The third-order valence-corrected chi connectivity index (χ3v) is 7.50. The predicted molar refractivity (Wildman–Crippen MR) is 134 cm³/mol. The van der Waals surface area contributed by atoms with Crippen molar-refractivity contribution in [2.75, 3.05) is 29.9 Å². The number of nitrogens with one attached hydrogen (secondary N) is 1. The SMILES string of the molecule is CCCNC(=O)C(CC)N(Cc1ccccc1)C(=O)CN(c1ccc2c(c1)OCO2)S(=O)(=O)CC. The Morgan fingerprint density at radius 1 is 1.03 bits per heavy atom. The quantitative estimate of drug-likeness (QED) is 0.478. The van der Waals surface area contributed by atoms with Gasteiger partial charge in [0.2, 0.25) is 28.6 Å². The van der Waals surface area contributed by atoms with Gasteiger partial charge in [0.15, 0.2) is 11.5 Å².